The minimum atomic E-state index is -0.539. The Hall–Kier alpha value is -1.99. The summed E-state index contributed by atoms with van der Waals surface area (Å²) in [5, 5.41) is 3.26. The van der Waals surface area contributed by atoms with Gasteiger partial charge in [0.15, 0.2) is 0 Å². The minimum Gasteiger partial charge on any atom is -0.453 e. The van der Waals surface area contributed by atoms with E-state index in [1.165, 1.54) is 7.11 Å². The molecule has 168 valence electrons. The second-order valence-electron chi connectivity index (χ2n) is 8.54. The van der Waals surface area contributed by atoms with Crippen molar-refractivity contribution in [2.24, 2.45) is 5.92 Å². The molecule has 0 spiro atoms. The number of hydrogen-bond donors (Lipinski definition) is 1. The third kappa shape index (κ3) is 7.36. The van der Waals surface area contributed by atoms with Crippen LogP contribution in [0.1, 0.15) is 50.8 Å². The van der Waals surface area contributed by atoms with Crippen molar-refractivity contribution in [3.8, 4) is 0 Å². The highest BCUT2D eigenvalue weighted by Crippen LogP contribution is 2.36. The molecule has 1 aromatic rings. The first-order valence-electron chi connectivity index (χ1n) is 10.3. The lowest BCUT2D eigenvalue weighted by Crippen LogP contribution is -2.44. The smallest absolute Gasteiger partial charge is 0.410 e. The maximum absolute atomic E-state index is 12.6. The predicted molar refractivity (Wildman–Crippen MR) is 116 cm³/mol. The maximum atomic E-state index is 12.6. The average Bonchev–Trinajstić information content (AvgIpc) is 2.68. The number of hydrogen-bond acceptors (Lipinski definition) is 5. The number of nitrogens with zero attached hydrogens (tertiary/aromatic N) is 1. The van der Waals surface area contributed by atoms with Crippen molar-refractivity contribution in [1.29, 1.82) is 0 Å². The van der Waals surface area contributed by atoms with Crippen molar-refractivity contribution in [2.75, 3.05) is 33.4 Å². The zero-order chi connectivity index (χ0) is 22.3. The standard InChI is InChI=1S/C22H33ClN2O5/c1-15-8-9-17(23)13-18(15)19(29-12-10-24-20(26)28-5)16-7-6-11-25(14-16)21(27)30-22(2,3)4/h8-9,13,16,19H,6-7,10-12,14H2,1-5H3,(H,24,26)/t16-,19-/m1/s1. The summed E-state index contributed by atoms with van der Waals surface area (Å²) in [4.78, 5) is 25.6. The first-order valence-corrected chi connectivity index (χ1v) is 10.7. The molecule has 1 fully saturated rings. The van der Waals surface area contributed by atoms with Gasteiger partial charge in [0.25, 0.3) is 0 Å². The molecule has 0 aromatic heterocycles. The number of methoxy groups -OCH3 is 1. The third-order valence-corrected chi connectivity index (χ3v) is 5.17. The summed E-state index contributed by atoms with van der Waals surface area (Å²) in [6.45, 7) is 9.45. The van der Waals surface area contributed by atoms with E-state index in [0.717, 1.165) is 24.0 Å². The van der Waals surface area contributed by atoms with Gasteiger partial charge in [0.1, 0.15) is 5.60 Å². The van der Waals surface area contributed by atoms with E-state index in [1.807, 2.05) is 45.9 Å². The monoisotopic (exact) mass is 440 g/mol. The first-order chi connectivity index (χ1) is 14.1. The van der Waals surface area contributed by atoms with Gasteiger partial charge >= 0.3 is 12.2 Å². The molecule has 0 bridgehead atoms. The van der Waals surface area contributed by atoms with Gasteiger partial charge in [0.05, 0.1) is 19.8 Å². The van der Waals surface area contributed by atoms with E-state index < -0.39 is 11.7 Å². The number of alkyl carbamates (subject to hydrolysis) is 1. The van der Waals surface area contributed by atoms with Gasteiger partial charge in [-0.2, -0.15) is 0 Å². The van der Waals surface area contributed by atoms with Crippen LogP contribution in [-0.2, 0) is 14.2 Å². The molecule has 1 aromatic carbocycles. The van der Waals surface area contributed by atoms with Gasteiger partial charge in [-0.15, -0.1) is 0 Å². The molecule has 0 radical (unpaired) electrons. The van der Waals surface area contributed by atoms with Crippen LogP contribution in [-0.4, -0.2) is 56.0 Å². The Bertz CT molecular complexity index is 735. The molecule has 1 N–H and O–H groups in total. The van der Waals surface area contributed by atoms with Crippen molar-refractivity contribution in [3.63, 3.8) is 0 Å². The largest absolute Gasteiger partial charge is 0.453 e. The van der Waals surface area contributed by atoms with Crippen LogP contribution in [0.3, 0.4) is 0 Å². The van der Waals surface area contributed by atoms with E-state index in [2.05, 4.69) is 10.1 Å². The zero-order valence-corrected chi connectivity index (χ0v) is 19.3. The van der Waals surface area contributed by atoms with E-state index >= 15 is 0 Å². The van der Waals surface area contributed by atoms with Gasteiger partial charge in [0, 0.05) is 30.6 Å². The quantitative estimate of drug-likeness (QED) is 0.648. The van der Waals surface area contributed by atoms with Crippen LogP contribution in [0.2, 0.25) is 5.02 Å². The number of halogens is 1. The molecule has 0 aliphatic carbocycles. The average molecular weight is 441 g/mol. The summed E-state index contributed by atoms with van der Waals surface area (Å²) in [5.41, 5.74) is 1.53. The number of amides is 2. The second-order valence-corrected chi connectivity index (χ2v) is 8.98. The van der Waals surface area contributed by atoms with Crippen LogP contribution in [0.25, 0.3) is 0 Å². The lowest BCUT2D eigenvalue weighted by molar-refractivity contribution is -0.0248. The van der Waals surface area contributed by atoms with Gasteiger partial charge in [-0.25, -0.2) is 9.59 Å². The molecule has 2 atom stereocenters. The van der Waals surface area contributed by atoms with E-state index in [1.54, 1.807) is 4.90 Å². The van der Waals surface area contributed by atoms with Gasteiger partial charge in [-0.1, -0.05) is 17.7 Å². The molecule has 30 heavy (non-hydrogen) atoms. The van der Waals surface area contributed by atoms with E-state index in [0.29, 0.717) is 31.3 Å². The Morgan fingerprint density at radius 1 is 1.33 bits per heavy atom. The minimum absolute atomic E-state index is 0.0848. The Morgan fingerprint density at radius 3 is 2.73 bits per heavy atom. The molecule has 1 heterocycles. The van der Waals surface area contributed by atoms with Gasteiger partial charge < -0.3 is 24.4 Å². The number of rotatable bonds is 6. The van der Waals surface area contributed by atoms with Crippen molar-refractivity contribution in [2.45, 2.75) is 52.2 Å². The fourth-order valence-electron chi connectivity index (χ4n) is 3.56. The molecule has 2 rings (SSSR count). The number of carbonyl (C=O) groups excluding carboxylic acids is 2. The molecule has 1 aliphatic heterocycles. The number of ether oxygens (including phenoxy) is 3. The third-order valence-electron chi connectivity index (χ3n) is 4.94. The van der Waals surface area contributed by atoms with Crippen LogP contribution < -0.4 is 5.32 Å². The number of nitrogens with one attached hydrogen (secondary N) is 1. The Labute approximate surface area is 184 Å². The highest BCUT2D eigenvalue weighted by Gasteiger charge is 2.33. The summed E-state index contributed by atoms with van der Waals surface area (Å²) < 4.78 is 16.4. The predicted octanol–water partition coefficient (Wildman–Crippen LogP) is 4.71. The Kier molecular flexibility index (Phi) is 8.79. The number of carbonyl (C=O) groups is 2. The molecule has 1 saturated heterocycles. The highest BCUT2D eigenvalue weighted by atomic mass is 35.5. The van der Waals surface area contributed by atoms with Crippen LogP contribution >= 0.6 is 11.6 Å². The molecule has 8 heteroatoms. The zero-order valence-electron chi connectivity index (χ0n) is 18.5. The topological polar surface area (TPSA) is 77.1 Å². The van der Waals surface area contributed by atoms with Gasteiger partial charge in [-0.05, 0) is 63.8 Å². The fraction of sp³-hybridized carbons (Fsp3) is 0.636. The van der Waals surface area contributed by atoms with Crippen molar-refractivity contribution in [3.05, 3.63) is 34.3 Å². The van der Waals surface area contributed by atoms with Crippen molar-refractivity contribution < 1.29 is 23.8 Å². The van der Waals surface area contributed by atoms with Crippen LogP contribution in [0.15, 0.2) is 18.2 Å². The molecule has 2 amide bonds. The summed E-state index contributed by atoms with van der Waals surface area (Å²) >= 11 is 6.26. The van der Waals surface area contributed by atoms with Crippen molar-refractivity contribution >= 4 is 23.8 Å². The first kappa shape index (κ1) is 24.3. The molecule has 0 saturated carbocycles. The van der Waals surface area contributed by atoms with Crippen molar-refractivity contribution in [1.82, 2.24) is 10.2 Å². The Morgan fingerprint density at radius 2 is 2.07 bits per heavy atom. The number of piperidine rings is 1. The second kappa shape index (κ2) is 10.9. The number of aryl methyl sites for hydroxylation is 1. The summed E-state index contributed by atoms with van der Waals surface area (Å²) in [5.74, 6) is 0.0848. The van der Waals surface area contributed by atoms with E-state index in [-0.39, 0.29) is 18.1 Å². The van der Waals surface area contributed by atoms with E-state index in [4.69, 9.17) is 21.1 Å². The lowest BCUT2D eigenvalue weighted by Gasteiger charge is -2.38. The van der Waals surface area contributed by atoms with E-state index in [9.17, 15) is 9.59 Å². The normalized spacial score (nSPS) is 17.9. The molecular weight excluding hydrogens is 408 g/mol. The van der Waals surface area contributed by atoms with Crippen LogP contribution in [0, 0.1) is 12.8 Å². The summed E-state index contributed by atoms with van der Waals surface area (Å²) in [6, 6.07) is 5.74. The molecule has 0 unspecified atom stereocenters. The molecule has 1 aliphatic rings. The maximum Gasteiger partial charge on any atom is 0.410 e. The molecule has 7 nitrogen and oxygen atoms in total. The van der Waals surface area contributed by atoms with Gasteiger partial charge in [-0.3, -0.25) is 0 Å². The SMILES string of the molecule is COC(=O)NCCO[C@@H](c1cc(Cl)ccc1C)[C@@H]1CCCN(C(=O)OC(C)(C)C)C1. The van der Waals surface area contributed by atoms with Crippen LogP contribution in [0.4, 0.5) is 9.59 Å². The lowest BCUT2D eigenvalue weighted by atomic mass is 9.86. The summed E-state index contributed by atoms with van der Waals surface area (Å²) in [7, 11) is 1.32. The molecular formula is C22H33ClN2O5. The summed E-state index contributed by atoms with van der Waals surface area (Å²) in [6.07, 6.45) is 0.724. The number of likely N-dealkylation sites (tertiary alicyclic amines) is 1. The Balaban J connectivity index is 2.15. The van der Waals surface area contributed by atoms with Gasteiger partial charge in [0.2, 0.25) is 0 Å². The number of benzene rings is 1. The fourth-order valence-corrected chi connectivity index (χ4v) is 3.74. The highest BCUT2D eigenvalue weighted by molar-refractivity contribution is 6.30. The van der Waals surface area contributed by atoms with Crippen LogP contribution in [0.5, 0.6) is 0 Å².